The molecule has 0 bridgehead atoms. The van der Waals surface area contributed by atoms with E-state index in [9.17, 15) is 0 Å². The Bertz CT molecular complexity index is 3180. The molecule has 0 aromatic heterocycles. The number of nitrogens with zero attached hydrogens (tertiary/aromatic N) is 1. The molecule has 10 aromatic carbocycles. The van der Waals surface area contributed by atoms with Gasteiger partial charge in [0, 0.05) is 22.4 Å². The van der Waals surface area contributed by atoms with Crippen molar-refractivity contribution in [3.05, 3.63) is 223 Å². The Hall–Kier alpha value is -7.22. The molecule has 0 radical (unpaired) electrons. The minimum absolute atomic E-state index is 0.0855. The highest BCUT2D eigenvalue weighted by Gasteiger charge is 2.36. The third-order valence-corrected chi connectivity index (χ3v) is 12.5. The van der Waals surface area contributed by atoms with E-state index >= 15 is 0 Å². The maximum Gasteiger partial charge on any atom is 0.0546 e. The molecular weight excluding hydrogens is 699 g/mol. The Labute approximate surface area is 340 Å². The number of hydrogen-bond donors (Lipinski definition) is 0. The van der Waals surface area contributed by atoms with Gasteiger partial charge >= 0.3 is 0 Å². The first-order valence-corrected chi connectivity index (χ1v) is 20.3. The molecule has 0 aliphatic heterocycles. The molecule has 10 aromatic rings. The number of hydrogen-bond acceptors (Lipinski definition) is 1. The monoisotopic (exact) mass is 739 g/mol. The summed E-state index contributed by atoms with van der Waals surface area (Å²) in [4.78, 5) is 2.49. The zero-order chi connectivity index (χ0) is 38.8. The average molecular weight is 740 g/mol. The molecule has 58 heavy (non-hydrogen) atoms. The summed E-state index contributed by atoms with van der Waals surface area (Å²) in [5.74, 6) is 0. The first-order valence-electron chi connectivity index (χ1n) is 20.3. The van der Waals surface area contributed by atoms with Crippen molar-refractivity contribution >= 4 is 49.4 Å². The minimum Gasteiger partial charge on any atom is -0.310 e. The Morgan fingerprint density at radius 1 is 0.328 bits per heavy atom. The van der Waals surface area contributed by atoms with Crippen LogP contribution in [-0.4, -0.2) is 0 Å². The summed E-state index contributed by atoms with van der Waals surface area (Å²) < 4.78 is 0. The normalized spacial score (nSPS) is 12.8. The first kappa shape index (κ1) is 34.1. The van der Waals surface area contributed by atoms with Crippen molar-refractivity contribution < 1.29 is 0 Å². The van der Waals surface area contributed by atoms with Crippen molar-refractivity contribution in [1.82, 2.24) is 0 Å². The molecule has 0 unspecified atom stereocenters. The van der Waals surface area contributed by atoms with Crippen molar-refractivity contribution in [3.63, 3.8) is 0 Å². The molecule has 11 rings (SSSR count). The number of anilines is 3. The molecule has 1 heteroatoms. The highest BCUT2D eigenvalue weighted by molar-refractivity contribution is 6.17. The molecule has 0 atom stereocenters. The lowest BCUT2D eigenvalue weighted by atomic mass is 9.82. The van der Waals surface area contributed by atoms with Gasteiger partial charge in [0.15, 0.2) is 0 Å². The van der Waals surface area contributed by atoms with E-state index < -0.39 is 0 Å². The van der Waals surface area contributed by atoms with Gasteiger partial charge in [-0.05, 0) is 119 Å². The van der Waals surface area contributed by atoms with Gasteiger partial charge in [-0.25, -0.2) is 0 Å². The second kappa shape index (κ2) is 13.5. The number of fused-ring (bicyclic) bond motifs is 7. The van der Waals surface area contributed by atoms with E-state index in [2.05, 4.69) is 231 Å². The quantitative estimate of drug-likeness (QED) is 0.154. The van der Waals surface area contributed by atoms with Crippen LogP contribution in [0.2, 0.25) is 0 Å². The zero-order valence-corrected chi connectivity index (χ0v) is 32.7. The van der Waals surface area contributed by atoms with Gasteiger partial charge in [0.2, 0.25) is 0 Å². The summed E-state index contributed by atoms with van der Waals surface area (Å²) in [6, 6.07) is 78.4. The fourth-order valence-electron chi connectivity index (χ4n) is 9.66. The van der Waals surface area contributed by atoms with Crippen LogP contribution in [0.25, 0.3) is 76.8 Å². The van der Waals surface area contributed by atoms with E-state index in [1.165, 1.54) is 88.0 Å². The van der Waals surface area contributed by atoms with Gasteiger partial charge in [0.25, 0.3) is 0 Å². The van der Waals surface area contributed by atoms with Gasteiger partial charge in [0.05, 0.1) is 5.69 Å². The van der Waals surface area contributed by atoms with Crippen LogP contribution in [-0.2, 0) is 5.41 Å². The van der Waals surface area contributed by atoms with Crippen LogP contribution in [0.4, 0.5) is 17.1 Å². The van der Waals surface area contributed by atoms with Crippen molar-refractivity contribution in [2.24, 2.45) is 0 Å². The highest BCUT2D eigenvalue weighted by Crippen LogP contribution is 2.53. The number of benzene rings is 10. The molecule has 0 saturated carbocycles. The second-order valence-electron chi connectivity index (χ2n) is 16.1. The molecule has 0 N–H and O–H groups in total. The minimum atomic E-state index is -0.0855. The third kappa shape index (κ3) is 5.39. The van der Waals surface area contributed by atoms with Crippen LogP contribution in [0.3, 0.4) is 0 Å². The lowest BCUT2D eigenvalue weighted by Crippen LogP contribution is -2.15. The highest BCUT2D eigenvalue weighted by atomic mass is 15.1. The lowest BCUT2D eigenvalue weighted by Gasteiger charge is -2.31. The van der Waals surface area contributed by atoms with E-state index in [0.717, 1.165) is 17.1 Å². The Morgan fingerprint density at radius 2 is 0.897 bits per heavy atom. The van der Waals surface area contributed by atoms with Crippen LogP contribution < -0.4 is 4.90 Å². The van der Waals surface area contributed by atoms with Crippen molar-refractivity contribution in [2.75, 3.05) is 4.90 Å². The topological polar surface area (TPSA) is 3.24 Å². The standard InChI is InChI=1S/C57H41N/c1-57(2)53-28-13-12-25-48(53)52-37-43(34-35-54(52)57)58(42-32-30-39(31-33-42)38-16-4-3-5-17-38)55-29-15-27-50(56(55)49-26-14-20-40-18-6-8-21-44(40)49)51-36-41-19-7-9-22-45(41)46-23-10-11-24-47(46)51/h3-37H,1-2H3. The first-order chi connectivity index (χ1) is 28.5. The zero-order valence-electron chi connectivity index (χ0n) is 32.7. The van der Waals surface area contributed by atoms with Crippen LogP contribution in [0, 0.1) is 0 Å². The van der Waals surface area contributed by atoms with Gasteiger partial charge < -0.3 is 4.90 Å². The summed E-state index contributed by atoms with van der Waals surface area (Å²) in [5, 5.41) is 7.46. The van der Waals surface area contributed by atoms with Crippen LogP contribution in [0.5, 0.6) is 0 Å². The molecule has 0 fully saturated rings. The van der Waals surface area contributed by atoms with Crippen molar-refractivity contribution in [3.8, 4) is 44.5 Å². The molecule has 0 heterocycles. The molecule has 1 nitrogen and oxygen atoms in total. The molecular formula is C57H41N. The second-order valence-corrected chi connectivity index (χ2v) is 16.1. The Kier molecular flexibility index (Phi) is 7.91. The summed E-state index contributed by atoms with van der Waals surface area (Å²) >= 11 is 0. The van der Waals surface area contributed by atoms with E-state index in [1.54, 1.807) is 0 Å². The van der Waals surface area contributed by atoms with Gasteiger partial charge in [-0.1, -0.05) is 190 Å². The molecule has 274 valence electrons. The molecule has 0 amide bonds. The van der Waals surface area contributed by atoms with Gasteiger partial charge in [-0.3, -0.25) is 0 Å². The predicted octanol–water partition coefficient (Wildman–Crippen LogP) is 15.9. The third-order valence-electron chi connectivity index (χ3n) is 12.5. The van der Waals surface area contributed by atoms with Gasteiger partial charge in [-0.2, -0.15) is 0 Å². The summed E-state index contributed by atoms with van der Waals surface area (Å²) in [6.45, 7) is 4.71. The predicted molar refractivity (Wildman–Crippen MR) is 248 cm³/mol. The summed E-state index contributed by atoms with van der Waals surface area (Å²) in [6.07, 6.45) is 0. The van der Waals surface area contributed by atoms with Crippen LogP contribution in [0.15, 0.2) is 212 Å². The fraction of sp³-hybridized carbons (Fsp3) is 0.0526. The van der Waals surface area contributed by atoms with E-state index in [4.69, 9.17) is 0 Å². The van der Waals surface area contributed by atoms with Gasteiger partial charge in [-0.15, -0.1) is 0 Å². The molecule has 1 aliphatic rings. The summed E-state index contributed by atoms with van der Waals surface area (Å²) in [5.41, 5.74) is 15.9. The summed E-state index contributed by atoms with van der Waals surface area (Å²) in [7, 11) is 0. The Balaban J connectivity index is 1.23. The van der Waals surface area contributed by atoms with Gasteiger partial charge in [0.1, 0.15) is 0 Å². The smallest absolute Gasteiger partial charge is 0.0546 e. The lowest BCUT2D eigenvalue weighted by molar-refractivity contribution is 0.660. The molecule has 1 aliphatic carbocycles. The van der Waals surface area contributed by atoms with Crippen molar-refractivity contribution in [1.29, 1.82) is 0 Å². The Morgan fingerprint density at radius 3 is 1.72 bits per heavy atom. The SMILES string of the molecule is CC1(C)c2ccccc2-c2cc(N(c3ccc(-c4ccccc4)cc3)c3cccc(-c4cc5ccccc5c5ccccc45)c3-c3cccc4ccccc34)ccc21. The van der Waals surface area contributed by atoms with Crippen molar-refractivity contribution in [2.45, 2.75) is 19.3 Å². The van der Waals surface area contributed by atoms with E-state index in [1.807, 2.05) is 0 Å². The number of rotatable bonds is 6. The largest absolute Gasteiger partial charge is 0.310 e. The van der Waals surface area contributed by atoms with E-state index in [0.29, 0.717) is 0 Å². The fourth-order valence-corrected chi connectivity index (χ4v) is 9.66. The maximum absolute atomic E-state index is 2.49. The molecule has 0 spiro atoms. The van der Waals surface area contributed by atoms with Crippen LogP contribution in [0.1, 0.15) is 25.0 Å². The maximum atomic E-state index is 2.49. The molecule has 0 saturated heterocycles. The average Bonchev–Trinajstić information content (AvgIpc) is 3.51. The van der Waals surface area contributed by atoms with Crippen LogP contribution >= 0.6 is 0 Å². The van der Waals surface area contributed by atoms with E-state index in [-0.39, 0.29) is 5.41 Å².